The third-order valence-corrected chi connectivity index (χ3v) is 2.60. The van der Waals surface area contributed by atoms with Crippen LogP contribution in [0.4, 0.5) is 5.82 Å². The van der Waals surface area contributed by atoms with Crippen molar-refractivity contribution in [3.8, 4) is 0 Å². The number of nitrogen functional groups attached to an aromatic ring is 1. The monoisotopic (exact) mass is 237 g/mol. The Morgan fingerprint density at radius 2 is 2.53 bits per heavy atom. The number of amides is 2. The van der Waals surface area contributed by atoms with E-state index >= 15 is 0 Å². The predicted octanol–water partition coefficient (Wildman–Crippen LogP) is -1.14. The fraction of sp³-hybridized carbons (Fsp3) is 0.500. The summed E-state index contributed by atoms with van der Waals surface area (Å²) in [5.74, 6) is 0.298. The fourth-order valence-corrected chi connectivity index (χ4v) is 1.74. The normalized spacial score (nSPS) is 19.8. The summed E-state index contributed by atoms with van der Waals surface area (Å²) in [5.41, 5.74) is 5.44. The first-order valence-corrected chi connectivity index (χ1v) is 5.48. The number of aromatic nitrogens is 2. The van der Waals surface area contributed by atoms with Crippen LogP contribution in [0.15, 0.2) is 12.3 Å². The number of nitrogens with zero attached hydrogens (tertiary/aromatic N) is 2. The molecule has 2 rings (SSSR count). The van der Waals surface area contributed by atoms with Crippen LogP contribution in [0.3, 0.4) is 0 Å². The molecule has 2 amide bonds. The van der Waals surface area contributed by atoms with E-state index in [0.29, 0.717) is 25.2 Å². The summed E-state index contributed by atoms with van der Waals surface area (Å²) in [6.45, 7) is 0.632. The molecule has 0 bridgehead atoms. The zero-order chi connectivity index (χ0) is 12.3. The van der Waals surface area contributed by atoms with Gasteiger partial charge in [-0.25, -0.2) is 0 Å². The Balaban J connectivity index is 1.79. The summed E-state index contributed by atoms with van der Waals surface area (Å²) in [4.78, 5) is 22.6. The lowest BCUT2D eigenvalue weighted by Gasteiger charge is -2.23. The van der Waals surface area contributed by atoms with Crippen molar-refractivity contribution in [3.05, 3.63) is 12.3 Å². The molecule has 1 aliphatic heterocycles. The topological polar surface area (TPSA) is 102 Å². The summed E-state index contributed by atoms with van der Waals surface area (Å²) in [6.07, 6.45) is 2.79. The van der Waals surface area contributed by atoms with Gasteiger partial charge in [0.25, 0.3) is 0 Å². The molecule has 4 N–H and O–H groups in total. The molecule has 0 spiro atoms. The van der Waals surface area contributed by atoms with Crippen molar-refractivity contribution >= 4 is 17.6 Å². The van der Waals surface area contributed by atoms with Crippen molar-refractivity contribution in [1.29, 1.82) is 0 Å². The van der Waals surface area contributed by atoms with E-state index in [0.717, 1.165) is 0 Å². The molecular formula is C10H15N5O2. The number of rotatable bonds is 3. The van der Waals surface area contributed by atoms with Crippen LogP contribution < -0.4 is 16.4 Å². The van der Waals surface area contributed by atoms with Gasteiger partial charge < -0.3 is 16.4 Å². The lowest BCUT2D eigenvalue weighted by Crippen LogP contribution is -2.48. The van der Waals surface area contributed by atoms with Crippen molar-refractivity contribution in [2.24, 2.45) is 0 Å². The Morgan fingerprint density at radius 3 is 3.12 bits per heavy atom. The molecule has 1 saturated heterocycles. The molecule has 1 aliphatic rings. The van der Waals surface area contributed by atoms with Gasteiger partial charge in [0.05, 0.1) is 0 Å². The Kier molecular flexibility index (Phi) is 3.27. The minimum Gasteiger partial charge on any atom is -0.382 e. The highest BCUT2D eigenvalue weighted by Crippen LogP contribution is 2.02. The first-order valence-electron chi connectivity index (χ1n) is 5.48. The van der Waals surface area contributed by atoms with Crippen LogP contribution in [0.5, 0.6) is 0 Å². The third kappa shape index (κ3) is 3.20. The highest BCUT2D eigenvalue weighted by molar-refractivity contribution is 5.78. The Hall–Kier alpha value is -2.05. The molecule has 17 heavy (non-hydrogen) atoms. The second-order valence-electron chi connectivity index (χ2n) is 4.05. The van der Waals surface area contributed by atoms with Crippen molar-refractivity contribution in [1.82, 2.24) is 20.4 Å². The van der Waals surface area contributed by atoms with E-state index in [1.165, 1.54) is 4.68 Å². The van der Waals surface area contributed by atoms with Gasteiger partial charge in [-0.15, -0.1) is 0 Å². The summed E-state index contributed by atoms with van der Waals surface area (Å²) >= 11 is 0. The standard InChI is InChI=1S/C10H15N5O2/c11-8-3-4-15(14-8)6-10(17)13-7-1-2-9(16)12-5-7/h3-4,7H,1-2,5-6H2,(H2,11,14)(H,12,16)(H,13,17). The molecule has 0 aromatic carbocycles. The number of anilines is 1. The van der Waals surface area contributed by atoms with E-state index in [1.807, 2.05) is 0 Å². The van der Waals surface area contributed by atoms with E-state index in [4.69, 9.17) is 5.73 Å². The summed E-state index contributed by atoms with van der Waals surface area (Å²) in [5, 5.41) is 9.47. The third-order valence-electron chi connectivity index (χ3n) is 2.60. The molecule has 1 atom stereocenters. The fourth-order valence-electron chi connectivity index (χ4n) is 1.74. The Labute approximate surface area is 98.4 Å². The van der Waals surface area contributed by atoms with Crippen LogP contribution >= 0.6 is 0 Å². The van der Waals surface area contributed by atoms with Crippen LogP contribution in [0.1, 0.15) is 12.8 Å². The zero-order valence-corrected chi connectivity index (χ0v) is 9.35. The van der Waals surface area contributed by atoms with Crippen molar-refractivity contribution in [2.45, 2.75) is 25.4 Å². The number of carbonyl (C=O) groups excluding carboxylic acids is 2. The van der Waals surface area contributed by atoms with Crippen LogP contribution in [-0.2, 0) is 16.1 Å². The number of hydrogen-bond donors (Lipinski definition) is 3. The highest BCUT2D eigenvalue weighted by atomic mass is 16.2. The quantitative estimate of drug-likeness (QED) is 0.618. The SMILES string of the molecule is Nc1ccn(CC(=O)NC2CCC(=O)NC2)n1. The van der Waals surface area contributed by atoms with E-state index in [-0.39, 0.29) is 24.4 Å². The Morgan fingerprint density at radius 1 is 1.71 bits per heavy atom. The maximum absolute atomic E-state index is 11.6. The average Bonchev–Trinajstić information content (AvgIpc) is 2.67. The van der Waals surface area contributed by atoms with E-state index in [9.17, 15) is 9.59 Å². The van der Waals surface area contributed by atoms with Gasteiger partial charge >= 0.3 is 0 Å². The smallest absolute Gasteiger partial charge is 0.242 e. The number of nitrogens with one attached hydrogen (secondary N) is 2. The molecular weight excluding hydrogens is 222 g/mol. The number of nitrogens with two attached hydrogens (primary N) is 1. The summed E-state index contributed by atoms with van der Waals surface area (Å²) in [6, 6.07) is 1.64. The van der Waals surface area contributed by atoms with Gasteiger partial charge in [-0.2, -0.15) is 5.10 Å². The summed E-state index contributed by atoms with van der Waals surface area (Å²) < 4.78 is 1.48. The second kappa shape index (κ2) is 4.86. The van der Waals surface area contributed by atoms with E-state index < -0.39 is 0 Å². The molecule has 1 fully saturated rings. The zero-order valence-electron chi connectivity index (χ0n) is 9.35. The van der Waals surface area contributed by atoms with Gasteiger partial charge in [-0.3, -0.25) is 14.3 Å². The Bertz CT molecular complexity index is 418. The molecule has 92 valence electrons. The van der Waals surface area contributed by atoms with Crippen LogP contribution in [0, 0.1) is 0 Å². The predicted molar refractivity (Wildman–Crippen MR) is 60.8 cm³/mol. The molecule has 2 heterocycles. The number of carbonyl (C=O) groups is 2. The summed E-state index contributed by atoms with van der Waals surface area (Å²) in [7, 11) is 0. The first-order chi connectivity index (χ1) is 8.13. The van der Waals surface area contributed by atoms with Crippen molar-refractivity contribution in [3.63, 3.8) is 0 Å². The minimum absolute atomic E-state index is 0.00751. The molecule has 0 saturated carbocycles. The minimum atomic E-state index is -0.130. The van der Waals surface area contributed by atoms with Crippen LogP contribution in [0.25, 0.3) is 0 Å². The number of hydrogen-bond acceptors (Lipinski definition) is 4. The molecule has 7 nitrogen and oxygen atoms in total. The van der Waals surface area contributed by atoms with E-state index in [1.54, 1.807) is 12.3 Å². The molecule has 1 aromatic rings. The lowest BCUT2D eigenvalue weighted by molar-refractivity contribution is -0.126. The van der Waals surface area contributed by atoms with Gasteiger partial charge in [-0.1, -0.05) is 0 Å². The number of piperidine rings is 1. The van der Waals surface area contributed by atoms with Crippen LogP contribution in [-0.4, -0.2) is 34.2 Å². The first kappa shape index (κ1) is 11.4. The van der Waals surface area contributed by atoms with Gasteiger partial charge in [0, 0.05) is 25.2 Å². The van der Waals surface area contributed by atoms with Crippen LogP contribution in [0.2, 0.25) is 0 Å². The van der Waals surface area contributed by atoms with Gasteiger partial charge in [0.15, 0.2) is 0 Å². The molecule has 1 unspecified atom stereocenters. The molecule has 0 aliphatic carbocycles. The largest absolute Gasteiger partial charge is 0.382 e. The van der Waals surface area contributed by atoms with Crippen molar-refractivity contribution < 1.29 is 9.59 Å². The maximum Gasteiger partial charge on any atom is 0.242 e. The molecule has 0 radical (unpaired) electrons. The second-order valence-corrected chi connectivity index (χ2v) is 4.05. The maximum atomic E-state index is 11.6. The van der Waals surface area contributed by atoms with Gasteiger partial charge in [-0.05, 0) is 12.5 Å². The van der Waals surface area contributed by atoms with Gasteiger partial charge in [0.2, 0.25) is 11.8 Å². The van der Waals surface area contributed by atoms with Gasteiger partial charge in [0.1, 0.15) is 12.4 Å². The highest BCUT2D eigenvalue weighted by Gasteiger charge is 2.19. The molecule has 1 aromatic heterocycles. The molecule has 7 heteroatoms. The average molecular weight is 237 g/mol. The van der Waals surface area contributed by atoms with Crippen molar-refractivity contribution in [2.75, 3.05) is 12.3 Å². The lowest BCUT2D eigenvalue weighted by atomic mass is 10.1. The van der Waals surface area contributed by atoms with E-state index in [2.05, 4.69) is 15.7 Å².